The Kier molecular flexibility index (Phi) is 13.0. The molecule has 3 N–H and O–H groups in total. The van der Waals surface area contributed by atoms with Gasteiger partial charge in [0.25, 0.3) is 11.8 Å². The highest BCUT2D eigenvalue weighted by Crippen LogP contribution is 2.19. The van der Waals surface area contributed by atoms with Crippen molar-refractivity contribution in [2.75, 3.05) is 32.1 Å². The Balaban J connectivity index is 1.78. The normalized spacial score (nSPS) is 20.1. The summed E-state index contributed by atoms with van der Waals surface area (Å²) in [5.74, 6) is -2.19. The zero-order valence-electron chi connectivity index (χ0n) is 22.8. The van der Waals surface area contributed by atoms with E-state index in [0.29, 0.717) is 5.75 Å². The standard InChI is InChI=1S/C25H38N4O9S/c1-14(2)16(30)5-10-39-19(24(35)27-7-9-37-17-11-21(32)28-23(17)34)13-20(31)26-6-8-38-18-12-22(33)29(15(3)4)25(18)36/h14-15,17-19H,5-13H2,1-4H3,(H,26,31)(H,27,35)(H,28,32,34). The zero-order chi connectivity index (χ0) is 29.1. The largest absolute Gasteiger partial charge is 0.366 e. The molecule has 2 aliphatic heterocycles. The van der Waals surface area contributed by atoms with Gasteiger partial charge in [0.2, 0.25) is 23.6 Å². The number of Topliss-reactive ketones (excluding diaryl/α,β-unsaturated/α-hetero) is 1. The van der Waals surface area contributed by atoms with Crippen LogP contribution in [0.4, 0.5) is 0 Å². The van der Waals surface area contributed by atoms with E-state index in [1.165, 1.54) is 16.7 Å². The minimum Gasteiger partial charge on any atom is -0.366 e. The molecule has 13 nitrogen and oxygen atoms in total. The summed E-state index contributed by atoms with van der Waals surface area (Å²) in [5, 5.41) is 6.66. The SMILES string of the molecule is CC(C)C(=O)CCSC(CC(=O)NCCOC1CC(=O)N(C(C)C)C1=O)C(=O)NCCOC1CC(=O)NC1=O. The van der Waals surface area contributed by atoms with Gasteiger partial charge in [-0.15, -0.1) is 11.8 Å². The molecule has 3 atom stereocenters. The van der Waals surface area contributed by atoms with E-state index in [4.69, 9.17) is 9.47 Å². The molecule has 0 saturated carbocycles. The van der Waals surface area contributed by atoms with Crippen molar-refractivity contribution in [1.29, 1.82) is 0 Å². The molecular formula is C25H38N4O9S. The molecule has 218 valence electrons. The Labute approximate surface area is 231 Å². The van der Waals surface area contributed by atoms with Crippen LogP contribution in [0.2, 0.25) is 0 Å². The van der Waals surface area contributed by atoms with E-state index < -0.39 is 47.0 Å². The maximum absolute atomic E-state index is 12.8. The molecule has 14 heteroatoms. The van der Waals surface area contributed by atoms with Gasteiger partial charge >= 0.3 is 0 Å². The molecule has 0 bridgehead atoms. The number of imide groups is 2. The molecule has 39 heavy (non-hydrogen) atoms. The zero-order valence-corrected chi connectivity index (χ0v) is 23.6. The molecule has 0 spiro atoms. The van der Waals surface area contributed by atoms with Crippen LogP contribution in [0.1, 0.15) is 53.4 Å². The summed E-state index contributed by atoms with van der Waals surface area (Å²) >= 11 is 1.19. The Hall–Kier alpha value is -2.84. The number of carbonyl (C=O) groups is 7. The van der Waals surface area contributed by atoms with Crippen molar-refractivity contribution in [2.24, 2.45) is 5.92 Å². The van der Waals surface area contributed by atoms with E-state index in [2.05, 4.69) is 16.0 Å². The van der Waals surface area contributed by atoms with Gasteiger partial charge in [-0.05, 0) is 13.8 Å². The molecule has 3 unspecified atom stereocenters. The summed E-state index contributed by atoms with van der Waals surface area (Å²) < 4.78 is 10.8. The second-order valence-corrected chi connectivity index (χ2v) is 11.1. The number of hydrogen-bond donors (Lipinski definition) is 3. The maximum Gasteiger partial charge on any atom is 0.259 e. The number of ketones is 1. The van der Waals surface area contributed by atoms with Crippen LogP contribution < -0.4 is 16.0 Å². The van der Waals surface area contributed by atoms with Gasteiger partial charge in [0.05, 0.1) is 31.3 Å². The predicted molar refractivity (Wildman–Crippen MR) is 140 cm³/mol. The smallest absolute Gasteiger partial charge is 0.259 e. The summed E-state index contributed by atoms with van der Waals surface area (Å²) in [7, 11) is 0. The lowest BCUT2D eigenvalue weighted by molar-refractivity contribution is -0.144. The third-order valence-electron chi connectivity index (χ3n) is 6.02. The number of rotatable bonds is 17. The number of ether oxygens (including phenoxy) is 2. The lowest BCUT2D eigenvalue weighted by Crippen LogP contribution is -2.40. The first-order valence-corrected chi connectivity index (χ1v) is 14.1. The van der Waals surface area contributed by atoms with Crippen LogP contribution in [0.15, 0.2) is 0 Å². The van der Waals surface area contributed by atoms with E-state index in [1.807, 2.05) is 0 Å². The van der Waals surface area contributed by atoms with Crippen LogP contribution in [0.5, 0.6) is 0 Å². The van der Waals surface area contributed by atoms with Crippen LogP contribution in [0.25, 0.3) is 0 Å². The minimum atomic E-state index is -0.888. The molecule has 0 aromatic rings. The molecule has 2 fully saturated rings. The van der Waals surface area contributed by atoms with Crippen LogP contribution in [-0.4, -0.2) is 102 Å². The Morgan fingerprint density at radius 2 is 1.62 bits per heavy atom. The highest BCUT2D eigenvalue weighted by atomic mass is 32.2. The number of carbonyl (C=O) groups excluding carboxylic acids is 7. The highest BCUT2D eigenvalue weighted by molar-refractivity contribution is 8.00. The van der Waals surface area contributed by atoms with Crippen molar-refractivity contribution in [1.82, 2.24) is 20.9 Å². The first-order valence-electron chi connectivity index (χ1n) is 13.0. The fourth-order valence-electron chi connectivity index (χ4n) is 3.90. The van der Waals surface area contributed by atoms with Gasteiger partial charge in [-0.25, -0.2) is 0 Å². The lowest BCUT2D eigenvalue weighted by atomic mass is 10.1. The monoisotopic (exact) mass is 570 g/mol. The van der Waals surface area contributed by atoms with Gasteiger partial charge in [-0.3, -0.25) is 43.8 Å². The average molecular weight is 571 g/mol. The van der Waals surface area contributed by atoms with Crippen LogP contribution >= 0.6 is 11.8 Å². The fraction of sp³-hybridized carbons (Fsp3) is 0.720. The Morgan fingerprint density at radius 1 is 0.974 bits per heavy atom. The second kappa shape index (κ2) is 15.7. The van der Waals surface area contributed by atoms with Crippen molar-refractivity contribution in [3.63, 3.8) is 0 Å². The molecular weight excluding hydrogens is 532 g/mol. The predicted octanol–water partition coefficient (Wildman–Crippen LogP) is -0.690. The highest BCUT2D eigenvalue weighted by Gasteiger charge is 2.40. The lowest BCUT2D eigenvalue weighted by Gasteiger charge is -2.19. The Morgan fingerprint density at radius 3 is 2.18 bits per heavy atom. The van der Waals surface area contributed by atoms with E-state index in [-0.39, 0.29) is 75.6 Å². The van der Waals surface area contributed by atoms with Crippen molar-refractivity contribution < 1.29 is 43.0 Å². The number of thioether (sulfide) groups is 1. The minimum absolute atomic E-state index is 0.000488. The van der Waals surface area contributed by atoms with E-state index >= 15 is 0 Å². The number of nitrogens with zero attached hydrogens (tertiary/aromatic N) is 1. The molecule has 6 amide bonds. The fourth-order valence-corrected chi connectivity index (χ4v) is 5.01. The average Bonchev–Trinajstić information content (AvgIpc) is 3.33. The van der Waals surface area contributed by atoms with Crippen LogP contribution in [0.3, 0.4) is 0 Å². The first-order chi connectivity index (χ1) is 18.4. The summed E-state index contributed by atoms with van der Waals surface area (Å²) in [5.41, 5.74) is 0. The van der Waals surface area contributed by atoms with Gasteiger partial charge in [0.1, 0.15) is 18.0 Å². The summed E-state index contributed by atoms with van der Waals surface area (Å²) in [6.07, 6.45) is -1.77. The topological polar surface area (TPSA) is 177 Å². The molecule has 2 aliphatic rings. The van der Waals surface area contributed by atoms with Crippen molar-refractivity contribution in [3.8, 4) is 0 Å². The van der Waals surface area contributed by atoms with Crippen molar-refractivity contribution >= 4 is 53.0 Å². The van der Waals surface area contributed by atoms with Crippen molar-refractivity contribution in [3.05, 3.63) is 0 Å². The van der Waals surface area contributed by atoms with Crippen LogP contribution in [0, 0.1) is 5.92 Å². The van der Waals surface area contributed by atoms with Gasteiger partial charge in [0.15, 0.2) is 0 Å². The summed E-state index contributed by atoms with van der Waals surface area (Å²) in [6, 6.07) is -0.257. The van der Waals surface area contributed by atoms with Gasteiger partial charge in [0, 0.05) is 43.6 Å². The Bertz CT molecular complexity index is 956. The first kappa shape index (κ1) is 32.4. The summed E-state index contributed by atoms with van der Waals surface area (Å²) in [6.45, 7) is 7.23. The van der Waals surface area contributed by atoms with Gasteiger partial charge in [-0.2, -0.15) is 0 Å². The quantitative estimate of drug-likeness (QED) is 0.150. The number of amides is 6. The molecule has 2 saturated heterocycles. The van der Waals surface area contributed by atoms with Crippen molar-refractivity contribution in [2.45, 2.75) is 76.9 Å². The van der Waals surface area contributed by atoms with E-state index in [1.54, 1.807) is 27.7 Å². The third-order valence-corrected chi connectivity index (χ3v) is 7.25. The number of hydrogen-bond acceptors (Lipinski definition) is 10. The van der Waals surface area contributed by atoms with Gasteiger partial charge in [-0.1, -0.05) is 13.8 Å². The molecule has 2 rings (SSSR count). The van der Waals surface area contributed by atoms with E-state index in [9.17, 15) is 33.6 Å². The molecule has 2 heterocycles. The van der Waals surface area contributed by atoms with Crippen LogP contribution in [-0.2, 0) is 43.0 Å². The number of likely N-dealkylation sites (tertiary alicyclic amines) is 1. The molecule has 0 aliphatic carbocycles. The summed E-state index contributed by atoms with van der Waals surface area (Å²) in [4.78, 5) is 85.5. The second-order valence-electron chi connectivity index (χ2n) is 9.81. The number of nitrogens with one attached hydrogen (secondary N) is 3. The van der Waals surface area contributed by atoms with E-state index in [0.717, 1.165) is 0 Å². The molecule has 0 radical (unpaired) electrons. The van der Waals surface area contributed by atoms with Gasteiger partial charge < -0.3 is 20.1 Å². The third kappa shape index (κ3) is 10.3. The maximum atomic E-state index is 12.8. The molecule has 0 aromatic carbocycles. The molecule has 0 aromatic heterocycles.